The van der Waals surface area contributed by atoms with Crippen LogP contribution in [0.25, 0.3) is 0 Å². The van der Waals surface area contributed by atoms with Crippen LogP contribution in [0.3, 0.4) is 0 Å². The molecule has 1 heterocycles. The molecule has 0 bridgehead atoms. The van der Waals surface area contributed by atoms with Crippen molar-refractivity contribution in [1.29, 1.82) is 0 Å². The zero-order valence-corrected chi connectivity index (χ0v) is 11.0. The SMILES string of the molecule is CC(=O)N1CCN(c2ccc(N=C(N)N)cc2)CC1. The van der Waals surface area contributed by atoms with Gasteiger partial charge in [0.2, 0.25) is 5.91 Å². The summed E-state index contributed by atoms with van der Waals surface area (Å²) in [6, 6.07) is 7.75. The van der Waals surface area contributed by atoms with Crippen LogP contribution in [0.5, 0.6) is 0 Å². The Bertz CT molecular complexity index is 470. The van der Waals surface area contributed by atoms with Crippen LogP contribution in [0.2, 0.25) is 0 Å². The molecule has 0 aromatic heterocycles. The van der Waals surface area contributed by atoms with Gasteiger partial charge in [0.1, 0.15) is 0 Å². The van der Waals surface area contributed by atoms with E-state index in [1.54, 1.807) is 6.92 Å². The highest BCUT2D eigenvalue weighted by molar-refractivity contribution is 5.79. The summed E-state index contributed by atoms with van der Waals surface area (Å²) in [5.74, 6) is 0.200. The first-order chi connectivity index (χ1) is 9.06. The number of hydrogen-bond acceptors (Lipinski definition) is 3. The van der Waals surface area contributed by atoms with Crippen molar-refractivity contribution in [2.45, 2.75) is 6.92 Å². The third kappa shape index (κ3) is 3.37. The van der Waals surface area contributed by atoms with Crippen molar-refractivity contribution in [2.24, 2.45) is 16.5 Å². The maximum Gasteiger partial charge on any atom is 0.219 e. The number of nitrogens with two attached hydrogens (primary N) is 2. The molecule has 0 spiro atoms. The summed E-state index contributed by atoms with van der Waals surface area (Å²) in [4.78, 5) is 19.4. The molecule has 0 saturated carbocycles. The van der Waals surface area contributed by atoms with Crippen LogP contribution in [0, 0.1) is 0 Å². The number of carbonyl (C=O) groups excluding carboxylic acids is 1. The van der Waals surface area contributed by atoms with Gasteiger partial charge < -0.3 is 21.3 Å². The fourth-order valence-electron chi connectivity index (χ4n) is 2.17. The van der Waals surface area contributed by atoms with Crippen molar-refractivity contribution < 1.29 is 4.79 Å². The number of anilines is 1. The molecular weight excluding hydrogens is 242 g/mol. The maximum absolute atomic E-state index is 11.3. The van der Waals surface area contributed by atoms with Crippen LogP contribution in [0.4, 0.5) is 11.4 Å². The van der Waals surface area contributed by atoms with Gasteiger partial charge in [0.25, 0.3) is 0 Å². The number of carbonyl (C=O) groups is 1. The van der Waals surface area contributed by atoms with Crippen molar-refractivity contribution in [1.82, 2.24) is 4.90 Å². The molecule has 6 nitrogen and oxygen atoms in total. The van der Waals surface area contributed by atoms with Gasteiger partial charge in [-0.15, -0.1) is 0 Å². The number of nitrogens with zero attached hydrogens (tertiary/aromatic N) is 3. The molecule has 4 N–H and O–H groups in total. The minimum atomic E-state index is 0.0582. The molecule has 1 aliphatic heterocycles. The molecule has 1 aromatic carbocycles. The fourth-order valence-corrected chi connectivity index (χ4v) is 2.17. The van der Waals surface area contributed by atoms with Gasteiger partial charge in [0.15, 0.2) is 5.96 Å². The van der Waals surface area contributed by atoms with Gasteiger partial charge in [-0.05, 0) is 24.3 Å². The number of piperazine rings is 1. The minimum absolute atomic E-state index is 0.0582. The number of benzene rings is 1. The summed E-state index contributed by atoms with van der Waals surface area (Å²) >= 11 is 0. The second kappa shape index (κ2) is 5.60. The second-order valence-corrected chi connectivity index (χ2v) is 4.55. The Hall–Kier alpha value is -2.24. The summed E-state index contributed by atoms with van der Waals surface area (Å²) in [6.45, 7) is 4.85. The van der Waals surface area contributed by atoms with Gasteiger partial charge in [0.05, 0.1) is 5.69 Å². The Morgan fingerprint density at radius 1 is 1.11 bits per heavy atom. The molecule has 0 aliphatic carbocycles. The van der Waals surface area contributed by atoms with Gasteiger partial charge in [-0.2, -0.15) is 0 Å². The van der Waals surface area contributed by atoms with Crippen LogP contribution < -0.4 is 16.4 Å². The largest absolute Gasteiger partial charge is 0.370 e. The van der Waals surface area contributed by atoms with E-state index in [0.29, 0.717) is 0 Å². The predicted octanol–water partition coefficient (Wildman–Crippen LogP) is 0.260. The lowest BCUT2D eigenvalue weighted by Crippen LogP contribution is -2.48. The van der Waals surface area contributed by atoms with E-state index in [1.165, 1.54) is 0 Å². The molecular formula is C13H19N5O. The van der Waals surface area contributed by atoms with Gasteiger partial charge >= 0.3 is 0 Å². The molecule has 2 rings (SSSR count). The van der Waals surface area contributed by atoms with Gasteiger partial charge in [-0.3, -0.25) is 4.79 Å². The fraction of sp³-hybridized carbons (Fsp3) is 0.385. The van der Waals surface area contributed by atoms with Crippen molar-refractivity contribution in [3.63, 3.8) is 0 Å². The number of guanidine groups is 1. The van der Waals surface area contributed by atoms with E-state index in [9.17, 15) is 4.79 Å². The molecule has 0 unspecified atom stereocenters. The van der Waals surface area contributed by atoms with Crippen molar-refractivity contribution in [2.75, 3.05) is 31.1 Å². The first-order valence-electron chi connectivity index (χ1n) is 6.26. The zero-order valence-electron chi connectivity index (χ0n) is 11.0. The average molecular weight is 261 g/mol. The highest BCUT2D eigenvalue weighted by Gasteiger charge is 2.18. The van der Waals surface area contributed by atoms with Gasteiger partial charge in [-0.25, -0.2) is 4.99 Å². The van der Waals surface area contributed by atoms with Crippen LogP contribution in [-0.4, -0.2) is 42.9 Å². The maximum atomic E-state index is 11.3. The first kappa shape index (κ1) is 13.2. The molecule has 1 amide bonds. The summed E-state index contributed by atoms with van der Waals surface area (Å²) in [7, 11) is 0. The molecule has 102 valence electrons. The van der Waals surface area contributed by atoms with Crippen molar-refractivity contribution in [3.8, 4) is 0 Å². The molecule has 6 heteroatoms. The Labute approximate surface area is 112 Å². The third-order valence-electron chi connectivity index (χ3n) is 3.20. The number of aliphatic imine (C=N–C) groups is 1. The predicted molar refractivity (Wildman–Crippen MR) is 76.4 cm³/mol. The van der Waals surface area contributed by atoms with E-state index in [-0.39, 0.29) is 11.9 Å². The molecule has 1 saturated heterocycles. The summed E-state index contributed by atoms with van der Waals surface area (Å²) in [5.41, 5.74) is 12.5. The quantitative estimate of drug-likeness (QED) is 0.590. The highest BCUT2D eigenvalue weighted by Crippen LogP contribution is 2.20. The summed E-state index contributed by atoms with van der Waals surface area (Å²) < 4.78 is 0. The molecule has 1 fully saturated rings. The normalized spacial score (nSPS) is 15.2. The smallest absolute Gasteiger partial charge is 0.219 e. The Balaban J connectivity index is 2.00. The average Bonchev–Trinajstić information content (AvgIpc) is 2.39. The topological polar surface area (TPSA) is 88.0 Å². The van der Waals surface area contributed by atoms with E-state index in [0.717, 1.165) is 37.6 Å². The summed E-state index contributed by atoms with van der Waals surface area (Å²) in [5, 5.41) is 0. The Kier molecular flexibility index (Phi) is 3.89. The van der Waals surface area contributed by atoms with Crippen LogP contribution >= 0.6 is 0 Å². The van der Waals surface area contributed by atoms with Crippen molar-refractivity contribution >= 4 is 23.2 Å². The van der Waals surface area contributed by atoms with E-state index in [1.807, 2.05) is 29.2 Å². The molecule has 0 atom stereocenters. The number of hydrogen-bond donors (Lipinski definition) is 2. The lowest BCUT2D eigenvalue weighted by molar-refractivity contribution is -0.129. The van der Waals surface area contributed by atoms with Crippen LogP contribution in [0.15, 0.2) is 29.3 Å². The van der Waals surface area contributed by atoms with E-state index in [2.05, 4.69) is 9.89 Å². The van der Waals surface area contributed by atoms with Crippen LogP contribution in [-0.2, 0) is 4.79 Å². The number of rotatable bonds is 2. The Morgan fingerprint density at radius 2 is 1.68 bits per heavy atom. The standard InChI is InChI=1S/C13H19N5O/c1-10(19)17-6-8-18(9-7-17)12-4-2-11(3-5-12)16-13(14)15/h2-5H,6-9H2,1H3,(H4,14,15,16). The van der Waals surface area contributed by atoms with Crippen LogP contribution in [0.1, 0.15) is 6.92 Å². The number of amides is 1. The molecule has 19 heavy (non-hydrogen) atoms. The second-order valence-electron chi connectivity index (χ2n) is 4.55. The van der Waals surface area contributed by atoms with E-state index >= 15 is 0 Å². The van der Waals surface area contributed by atoms with Gasteiger partial charge in [0, 0.05) is 38.8 Å². The first-order valence-corrected chi connectivity index (χ1v) is 6.26. The zero-order chi connectivity index (χ0) is 13.8. The van der Waals surface area contributed by atoms with Gasteiger partial charge in [-0.1, -0.05) is 0 Å². The lowest BCUT2D eigenvalue weighted by atomic mass is 10.2. The van der Waals surface area contributed by atoms with Crippen molar-refractivity contribution in [3.05, 3.63) is 24.3 Å². The lowest BCUT2D eigenvalue weighted by Gasteiger charge is -2.35. The molecule has 0 radical (unpaired) electrons. The Morgan fingerprint density at radius 3 is 2.16 bits per heavy atom. The van der Waals surface area contributed by atoms with E-state index in [4.69, 9.17) is 11.5 Å². The monoisotopic (exact) mass is 261 g/mol. The third-order valence-corrected chi connectivity index (χ3v) is 3.20. The summed E-state index contributed by atoms with van der Waals surface area (Å²) in [6.07, 6.45) is 0. The van der Waals surface area contributed by atoms with E-state index < -0.39 is 0 Å². The molecule has 1 aliphatic rings. The molecule has 1 aromatic rings. The minimum Gasteiger partial charge on any atom is -0.370 e. The highest BCUT2D eigenvalue weighted by atomic mass is 16.2.